The fourth-order valence-electron chi connectivity index (χ4n) is 2.61. The molecule has 1 aromatic heterocycles. The molecule has 0 unspecified atom stereocenters. The van der Waals surface area contributed by atoms with E-state index >= 15 is 0 Å². The first-order valence-corrected chi connectivity index (χ1v) is 11.0. The van der Waals surface area contributed by atoms with E-state index in [9.17, 15) is 4.79 Å². The van der Waals surface area contributed by atoms with Crippen LogP contribution in [-0.4, -0.2) is 10.9 Å². The highest BCUT2D eigenvalue weighted by Gasteiger charge is 2.19. The van der Waals surface area contributed by atoms with Crippen molar-refractivity contribution in [3.63, 3.8) is 0 Å². The maximum atomic E-state index is 12.5. The van der Waals surface area contributed by atoms with Gasteiger partial charge < -0.3 is 4.74 Å². The van der Waals surface area contributed by atoms with Crippen LogP contribution in [0.4, 0.5) is 5.13 Å². The standard InChI is InChI=1S/C20H9Cl5N2O2S/c21-9-5-6-15(12(23)7-9)29-17-13(24)8-14-18(16(17)25)30-20(26-14)27-19(28)10-3-1-2-4-11(10)22/h1-8H,(H,26,27,28). The number of thiazole rings is 1. The summed E-state index contributed by atoms with van der Waals surface area (Å²) in [5, 5.41) is 4.69. The first-order valence-electron chi connectivity index (χ1n) is 8.31. The molecule has 0 fully saturated rings. The van der Waals surface area contributed by atoms with Gasteiger partial charge in [-0.1, -0.05) is 81.5 Å². The van der Waals surface area contributed by atoms with Gasteiger partial charge in [-0.15, -0.1) is 0 Å². The third-order valence-corrected chi connectivity index (χ3v) is 6.59. The number of fused-ring (bicyclic) bond motifs is 1. The molecule has 0 saturated carbocycles. The summed E-state index contributed by atoms with van der Waals surface area (Å²) in [6.45, 7) is 0. The summed E-state index contributed by atoms with van der Waals surface area (Å²) in [6.07, 6.45) is 0. The second-order valence-corrected chi connectivity index (χ2v) is 9.01. The van der Waals surface area contributed by atoms with Gasteiger partial charge in [-0.25, -0.2) is 4.98 Å². The first-order chi connectivity index (χ1) is 14.3. The zero-order chi connectivity index (χ0) is 21.4. The molecule has 30 heavy (non-hydrogen) atoms. The summed E-state index contributed by atoms with van der Waals surface area (Å²) in [4.78, 5) is 16.9. The lowest BCUT2D eigenvalue weighted by Gasteiger charge is -2.11. The van der Waals surface area contributed by atoms with E-state index in [0.29, 0.717) is 41.7 Å². The fourth-order valence-corrected chi connectivity index (χ4v) is 4.78. The second kappa shape index (κ2) is 8.79. The van der Waals surface area contributed by atoms with Crippen LogP contribution in [0.3, 0.4) is 0 Å². The molecule has 0 spiro atoms. The molecule has 0 aliphatic carbocycles. The lowest BCUT2D eigenvalue weighted by molar-refractivity contribution is 0.102. The van der Waals surface area contributed by atoms with Crippen molar-refractivity contribution in [1.82, 2.24) is 4.98 Å². The number of hydrogen-bond acceptors (Lipinski definition) is 4. The van der Waals surface area contributed by atoms with Crippen molar-refractivity contribution in [2.24, 2.45) is 0 Å². The summed E-state index contributed by atoms with van der Waals surface area (Å²) >= 11 is 32.2. The van der Waals surface area contributed by atoms with Gasteiger partial charge in [0.2, 0.25) is 0 Å². The number of hydrogen-bond donors (Lipinski definition) is 1. The molecular weight excluding hydrogens is 510 g/mol. The van der Waals surface area contributed by atoms with Crippen LogP contribution in [0.2, 0.25) is 25.1 Å². The zero-order valence-electron chi connectivity index (χ0n) is 14.7. The van der Waals surface area contributed by atoms with Crippen LogP contribution in [0.5, 0.6) is 11.5 Å². The Kier molecular flexibility index (Phi) is 6.30. The number of carbonyl (C=O) groups is 1. The Morgan fingerprint density at radius 1 is 0.933 bits per heavy atom. The number of ether oxygens (including phenoxy) is 1. The molecule has 0 bridgehead atoms. The van der Waals surface area contributed by atoms with Gasteiger partial charge in [0.25, 0.3) is 5.91 Å². The monoisotopic (exact) mass is 516 g/mol. The van der Waals surface area contributed by atoms with Gasteiger partial charge in [0.1, 0.15) is 10.8 Å². The Balaban J connectivity index is 1.67. The maximum absolute atomic E-state index is 12.5. The Labute approximate surface area is 200 Å². The van der Waals surface area contributed by atoms with E-state index in [1.54, 1.807) is 48.5 Å². The highest BCUT2D eigenvalue weighted by atomic mass is 35.5. The minimum atomic E-state index is -0.383. The van der Waals surface area contributed by atoms with E-state index < -0.39 is 0 Å². The quantitative estimate of drug-likeness (QED) is 0.294. The third kappa shape index (κ3) is 4.33. The summed E-state index contributed by atoms with van der Waals surface area (Å²) in [6, 6.07) is 13.1. The minimum Gasteiger partial charge on any atom is -0.453 e. The van der Waals surface area contributed by atoms with Crippen LogP contribution < -0.4 is 10.1 Å². The zero-order valence-corrected chi connectivity index (χ0v) is 19.3. The summed E-state index contributed by atoms with van der Waals surface area (Å²) < 4.78 is 6.42. The molecule has 4 nitrogen and oxygen atoms in total. The number of rotatable bonds is 4. The summed E-state index contributed by atoms with van der Waals surface area (Å²) in [5.41, 5.74) is 0.850. The molecule has 0 radical (unpaired) electrons. The molecule has 10 heteroatoms. The molecule has 4 rings (SSSR count). The van der Waals surface area contributed by atoms with Gasteiger partial charge >= 0.3 is 0 Å². The molecular formula is C20H9Cl5N2O2S. The number of carbonyl (C=O) groups excluding carboxylic acids is 1. The normalized spacial score (nSPS) is 11.0. The predicted octanol–water partition coefficient (Wildman–Crippen LogP) is 8.61. The topological polar surface area (TPSA) is 51.2 Å². The van der Waals surface area contributed by atoms with Crippen molar-refractivity contribution in [3.05, 3.63) is 79.2 Å². The van der Waals surface area contributed by atoms with E-state index in [-0.39, 0.29) is 21.7 Å². The molecule has 3 aromatic carbocycles. The summed E-state index contributed by atoms with van der Waals surface area (Å²) in [7, 11) is 0. The van der Waals surface area contributed by atoms with Crippen molar-refractivity contribution in [2.45, 2.75) is 0 Å². The van der Waals surface area contributed by atoms with Crippen LogP contribution in [-0.2, 0) is 0 Å². The van der Waals surface area contributed by atoms with Crippen LogP contribution in [0.15, 0.2) is 48.5 Å². The van der Waals surface area contributed by atoms with Gasteiger partial charge in [0.05, 0.1) is 30.8 Å². The van der Waals surface area contributed by atoms with Crippen LogP contribution in [0.1, 0.15) is 10.4 Å². The van der Waals surface area contributed by atoms with Crippen molar-refractivity contribution >= 4 is 90.6 Å². The SMILES string of the molecule is O=C(Nc1nc2cc(Cl)c(Oc3ccc(Cl)cc3Cl)c(Cl)c2s1)c1ccccc1Cl. The molecule has 1 heterocycles. The van der Waals surface area contributed by atoms with Crippen molar-refractivity contribution in [3.8, 4) is 11.5 Å². The van der Waals surface area contributed by atoms with E-state index in [2.05, 4.69) is 10.3 Å². The van der Waals surface area contributed by atoms with Gasteiger partial charge in [0.15, 0.2) is 10.9 Å². The summed E-state index contributed by atoms with van der Waals surface area (Å²) in [5.74, 6) is 0.190. The predicted molar refractivity (Wildman–Crippen MR) is 126 cm³/mol. The van der Waals surface area contributed by atoms with Crippen LogP contribution in [0, 0.1) is 0 Å². The smallest absolute Gasteiger partial charge is 0.258 e. The minimum absolute atomic E-state index is 0.225. The Bertz CT molecular complexity index is 1290. The first kappa shape index (κ1) is 21.5. The Hall–Kier alpha value is -1.73. The molecule has 152 valence electrons. The number of nitrogens with zero attached hydrogens (tertiary/aromatic N) is 1. The molecule has 0 atom stereocenters. The van der Waals surface area contributed by atoms with Crippen molar-refractivity contribution in [2.75, 3.05) is 5.32 Å². The van der Waals surface area contributed by atoms with E-state index in [1.165, 1.54) is 11.3 Å². The lowest BCUT2D eigenvalue weighted by atomic mass is 10.2. The molecule has 0 saturated heterocycles. The highest BCUT2D eigenvalue weighted by molar-refractivity contribution is 7.23. The number of amides is 1. The number of halogens is 5. The molecule has 0 aliphatic heterocycles. The lowest BCUT2D eigenvalue weighted by Crippen LogP contribution is -2.11. The number of aromatic nitrogens is 1. The van der Waals surface area contributed by atoms with E-state index in [1.807, 2.05) is 0 Å². The van der Waals surface area contributed by atoms with E-state index in [4.69, 9.17) is 62.7 Å². The molecule has 1 N–H and O–H groups in total. The molecule has 0 aliphatic rings. The largest absolute Gasteiger partial charge is 0.453 e. The Morgan fingerprint density at radius 2 is 1.70 bits per heavy atom. The third-order valence-electron chi connectivity index (χ3n) is 3.98. The van der Waals surface area contributed by atoms with Gasteiger partial charge in [0, 0.05) is 5.02 Å². The highest BCUT2D eigenvalue weighted by Crippen LogP contribution is 2.45. The average Bonchev–Trinajstić information content (AvgIpc) is 3.09. The number of benzene rings is 3. The van der Waals surface area contributed by atoms with Gasteiger partial charge in [-0.2, -0.15) is 0 Å². The average molecular weight is 519 g/mol. The van der Waals surface area contributed by atoms with Crippen molar-refractivity contribution in [1.29, 1.82) is 0 Å². The van der Waals surface area contributed by atoms with Gasteiger partial charge in [-0.05, 0) is 36.4 Å². The molecule has 4 aromatic rings. The Morgan fingerprint density at radius 3 is 2.43 bits per heavy atom. The van der Waals surface area contributed by atoms with E-state index in [0.717, 1.165) is 0 Å². The number of nitrogens with one attached hydrogen (secondary N) is 1. The number of anilines is 1. The second-order valence-electron chi connectivity index (χ2n) is 5.98. The fraction of sp³-hybridized carbons (Fsp3) is 0. The maximum Gasteiger partial charge on any atom is 0.258 e. The van der Waals surface area contributed by atoms with Gasteiger partial charge in [-0.3, -0.25) is 10.1 Å². The molecule has 1 amide bonds. The van der Waals surface area contributed by atoms with Crippen LogP contribution >= 0.6 is 69.3 Å². The van der Waals surface area contributed by atoms with Crippen LogP contribution in [0.25, 0.3) is 10.2 Å². The van der Waals surface area contributed by atoms with Crippen molar-refractivity contribution < 1.29 is 9.53 Å².